The fraction of sp³-hybridized carbons (Fsp3) is 0.308. The highest BCUT2D eigenvalue weighted by Crippen LogP contribution is 2.33. The van der Waals surface area contributed by atoms with E-state index in [1.54, 1.807) is 22.2 Å². The molecule has 2 aromatic heterocycles. The van der Waals surface area contributed by atoms with Crippen molar-refractivity contribution < 1.29 is 8.78 Å². The summed E-state index contributed by atoms with van der Waals surface area (Å²) >= 11 is 1.58. The normalized spacial score (nSPS) is 15.6. The zero-order chi connectivity index (χ0) is 22.8. The highest BCUT2D eigenvalue weighted by atomic mass is 32.1. The zero-order valence-corrected chi connectivity index (χ0v) is 19.0. The summed E-state index contributed by atoms with van der Waals surface area (Å²) in [5.74, 6) is -0.839. The van der Waals surface area contributed by atoms with Gasteiger partial charge in [0.2, 0.25) is 0 Å². The molecule has 33 heavy (non-hydrogen) atoms. The second-order valence-corrected chi connectivity index (χ2v) is 9.66. The average molecular weight is 466 g/mol. The number of hydrogen-bond donors (Lipinski definition) is 1. The summed E-state index contributed by atoms with van der Waals surface area (Å²) in [6.07, 6.45) is 5.86. The lowest BCUT2D eigenvalue weighted by atomic mass is 9.93. The average Bonchev–Trinajstić information content (AvgIpc) is 3.20. The molecular weight excluding hydrogens is 440 g/mol. The van der Waals surface area contributed by atoms with Crippen molar-refractivity contribution in [2.75, 3.05) is 0 Å². The fourth-order valence-electron chi connectivity index (χ4n) is 4.57. The van der Waals surface area contributed by atoms with E-state index in [1.165, 1.54) is 16.5 Å². The molecule has 0 amide bonds. The Kier molecular flexibility index (Phi) is 6.33. The first-order chi connectivity index (χ1) is 16.1. The van der Waals surface area contributed by atoms with Crippen LogP contribution < -0.4 is 10.9 Å². The van der Waals surface area contributed by atoms with E-state index in [2.05, 4.69) is 22.4 Å². The van der Waals surface area contributed by atoms with Gasteiger partial charge < -0.3 is 5.32 Å². The molecular formula is C26H25F2N3OS. The molecule has 4 aromatic rings. The van der Waals surface area contributed by atoms with Gasteiger partial charge in [0.15, 0.2) is 0 Å². The van der Waals surface area contributed by atoms with Crippen LogP contribution in [0.25, 0.3) is 10.2 Å². The number of fused-ring (bicyclic) bond motifs is 3. The minimum absolute atomic E-state index is 0.0406. The van der Waals surface area contributed by atoms with E-state index in [4.69, 9.17) is 0 Å². The van der Waals surface area contributed by atoms with Crippen LogP contribution >= 0.6 is 11.3 Å². The van der Waals surface area contributed by atoms with Gasteiger partial charge in [-0.2, -0.15) is 0 Å². The predicted molar refractivity (Wildman–Crippen MR) is 128 cm³/mol. The third kappa shape index (κ3) is 4.75. The number of thiophene rings is 1. The van der Waals surface area contributed by atoms with Crippen molar-refractivity contribution in [3.05, 3.63) is 98.4 Å². The maximum Gasteiger partial charge on any atom is 0.262 e. The largest absolute Gasteiger partial charge is 0.309 e. The first-order valence-corrected chi connectivity index (χ1v) is 12.1. The Morgan fingerprint density at radius 3 is 2.85 bits per heavy atom. The molecule has 2 aromatic carbocycles. The molecule has 4 nitrogen and oxygen atoms in total. The molecule has 7 heteroatoms. The smallest absolute Gasteiger partial charge is 0.262 e. The van der Waals surface area contributed by atoms with Crippen molar-refractivity contribution in [3.8, 4) is 0 Å². The minimum atomic E-state index is -0.435. The molecule has 0 saturated carbocycles. The number of nitrogens with one attached hydrogen (secondary N) is 1. The number of nitrogens with zero attached hydrogens (tertiary/aromatic N) is 2. The monoisotopic (exact) mass is 465 g/mol. The summed E-state index contributed by atoms with van der Waals surface area (Å²) in [4.78, 5) is 19.7. The lowest BCUT2D eigenvalue weighted by Crippen LogP contribution is -2.34. The van der Waals surface area contributed by atoms with Crippen LogP contribution in [-0.4, -0.2) is 15.6 Å². The highest BCUT2D eigenvalue weighted by Gasteiger charge is 2.25. The van der Waals surface area contributed by atoms with E-state index in [-0.39, 0.29) is 18.1 Å². The number of rotatable bonds is 7. The Balaban J connectivity index is 1.28. The second kappa shape index (κ2) is 9.53. The van der Waals surface area contributed by atoms with Gasteiger partial charge in [0.25, 0.3) is 5.56 Å². The van der Waals surface area contributed by atoms with Crippen molar-refractivity contribution in [2.45, 2.75) is 51.2 Å². The molecule has 5 rings (SSSR count). The summed E-state index contributed by atoms with van der Waals surface area (Å²) in [6, 6.07) is 14.0. The zero-order valence-electron chi connectivity index (χ0n) is 18.2. The van der Waals surface area contributed by atoms with Crippen LogP contribution in [0.5, 0.6) is 0 Å². The van der Waals surface area contributed by atoms with Crippen molar-refractivity contribution in [1.82, 2.24) is 14.9 Å². The number of halogens is 2. The Morgan fingerprint density at radius 2 is 2.00 bits per heavy atom. The van der Waals surface area contributed by atoms with Crippen LogP contribution in [0.4, 0.5) is 8.78 Å². The van der Waals surface area contributed by atoms with Gasteiger partial charge in [0.1, 0.15) is 16.5 Å². The molecule has 0 unspecified atom stereocenters. The third-order valence-electron chi connectivity index (χ3n) is 6.33. The van der Waals surface area contributed by atoms with E-state index >= 15 is 0 Å². The lowest BCUT2D eigenvalue weighted by Gasteiger charge is -2.23. The number of aromatic nitrogens is 2. The van der Waals surface area contributed by atoms with Crippen LogP contribution in [0.1, 0.15) is 34.4 Å². The van der Waals surface area contributed by atoms with Crippen molar-refractivity contribution in [3.63, 3.8) is 0 Å². The molecule has 1 N–H and O–H groups in total. The van der Waals surface area contributed by atoms with Crippen LogP contribution in [-0.2, 0) is 32.4 Å². The molecule has 0 bridgehead atoms. The Bertz CT molecular complexity index is 1330. The molecule has 170 valence electrons. The van der Waals surface area contributed by atoms with Gasteiger partial charge >= 0.3 is 0 Å². The number of hydrogen-bond acceptors (Lipinski definition) is 4. The first kappa shape index (κ1) is 21.9. The number of aryl methyl sites for hydroxylation is 3. The standard InChI is InChI=1S/C26H25F2N3OS/c27-19-8-11-22(28)18(13-19)15-29-20-9-10-21-23(14-20)33-25-24(21)26(32)31(16-30-25)12-4-7-17-5-2-1-3-6-17/h1-3,5-6,8,11,13,16,20,29H,4,7,9-10,12,14-15H2/t20-/m0/s1. The molecule has 2 heterocycles. The van der Waals surface area contributed by atoms with Gasteiger partial charge in [0.05, 0.1) is 11.7 Å². The van der Waals surface area contributed by atoms with Gasteiger partial charge in [-0.15, -0.1) is 11.3 Å². The summed E-state index contributed by atoms with van der Waals surface area (Å²) in [5, 5.41) is 4.11. The SMILES string of the molecule is O=c1c2c3c(sc2ncn1CCCc1ccccc1)C[C@@H](NCc1cc(F)ccc1F)CC3. The number of benzene rings is 2. The van der Waals surface area contributed by atoms with Crippen LogP contribution in [0, 0.1) is 11.6 Å². The van der Waals surface area contributed by atoms with Crippen molar-refractivity contribution in [2.24, 2.45) is 0 Å². The fourth-order valence-corrected chi connectivity index (χ4v) is 5.82. The van der Waals surface area contributed by atoms with Gasteiger partial charge in [-0.1, -0.05) is 30.3 Å². The van der Waals surface area contributed by atoms with Gasteiger partial charge in [-0.3, -0.25) is 9.36 Å². The van der Waals surface area contributed by atoms with E-state index in [1.807, 2.05) is 18.2 Å². The van der Waals surface area contributed by atoms with Crippen LogP contribution in [0.2, 0.25) is 0 Å². The predicted octanol–water partition coefficient (Wildman–Crippen LogP) is 5.02. The van der Waals surface area contributed by atoms with Gasteiger partial charge in [-0.25, -0.2) is 13.8 Å². The molecule has 0 saturated heterocycles. The molecule has 1 aliphatic carbocycles. The quantitative estimate of drug-likeness (QED) is 0.417. The maximum atomic E-state index is 13.9. The van der Waals surface area contributed by atoms with Gasteiger partial charge in [0, 0.05) is 29.6 Å². The Hall–Kier alpha value is -2.90. The first-order valence-electron chi connectivity index (χ1n) is 11.3. The lowest BCUT2D eigenvalue weighted by molar-refractivity contribution is 0.454. The summed E-state index contributed by atoms with van der Waals surface area (Å²) in [7, 11) is 0. The van der Waals surface area contributed by atoms with Gasteiger partial charge in [-0.05, 0) is 61.4 Å². The van der Waals surface area contributed by atoms with E-state index in [0.29, 0.717) is 12.1 Å². The summed E-state index contributed by atoms with van der Waals surface area (Å²) in [5.41, 5.74) is 2.75. The molecule has 1 aliphatic rings. The van der Waals surface area contributed by atoms with E-state index in [9.17, 15) is 13.6 Å². The molecule has 0 fully saturated rings. The molecule has 0 radical (unpaired) electrons. The van der Waals surface area contributed by atoms with Crippen molar-refractivity contribution in [1.29, 1.82) is 0 Å². The van der Waals surface area contributed by atoms with Crippen LogP contribution in [0.3, 0.4) is 0 Å². The summed E-state index contributed by atoms with van der Waals surface area (Å²) < 4.78 is 29.1. The second-order valence-electron chi connectivity index (χ2n) is 8.57. The van der Waals surface area contributed by atoms with Crippen molar-refractivity contribution >= 4 is 21.6 Å². The molecule has 1 atom stereocenters. The third-order valence-corrected chi connectivity index (χ3v) is 7.49. The minimum Gasteiger partial charge on any atom is -0.309 e. The topological polar surface area (TPSA) is 46.9 Å². The maximum absolute atomic E-state index is 13.9. The van der Waals surface area contributed by atoms with E-state index in [0.717, 1.165) is 60.0 Å². The Morgan fingerprint density at radius 1 is 1.15 bits per heavy atom. The molecule has 0 aliphatic heterocycles. The van der Waals surface area contributed by atoms with Crippen LogP contribution in [0.15, 0.2) is 59.7 Å². The van der Waals surface area contributed by atoms with E-state index < -0.39 is 11.6 Å². The molecule has 0 spiro atoms. The highest BCUT2D eigenvalue weighted by molar-refractivity contribution is 7.18. The summed E-state index contributed by atoms with van der Waals surface area (Å²) in [6.45, 7) is 0.922. The Labute approximate surface area is 194 Å².